The van der Waals surface area contributed by atoms with Gasteiger partial charge in [-0.1, -0.05) is 0 Å². The number of carbonyl (C=O) groups is 1. The molecule has 40 heavy (non-hydrogen) atoms. The zero-order chi connectivity index (χ0) is 27.6. The number of anilines is 1. The maximum Gasteiger partial charge on any atom is 0.231 e. The third-order valence-electron chi connectivity index (χ3n) is 9.06. The van der Waals surface area contributed by atoms with Crippen molar-refractivity contribution >= 4 is 11.7 Å². The number of hydrogen-bond acceptors (Lipinski definition) is 7. The number of amides is 1. The van der Waals surface area contributed by atoms with Gasteiger partial charge in [0.2, 0.25) is 5.91 Å². The number of aromatic nitrogens is 3. The first kappa shape index (κ1) is 26.9. The Kier molecular flexibility index (Phi) is 7.87. The molecule has 8 nitrogen and oxygen atoms in total. The van der Waals surface area contributed by atoms with Gasteiger partial charge in [0.05, 0.1) is 18.9 Å². The van der Waals surface area contributed by atoms with E-state index in [1.165, 1.54) is 0 Å². The van der Waals surface area contributed by atoms with Gasteiger partial charge in [-0.3, -0.25) is 14.7 Å². The topological polar surface area (TPSA) is 102 Å². The highest BCUT2D eigenvalue weighted by molar-refractivity contribution is 5.94. The maximum atomic E-state index is 14.0. The number of nitrogens with zero attached hydrogens (tertiary/aromatic N) is 4. The van der Waals surface area contributed by atoms with Crippen LogP contribution in [0.15, 0.2) is 41.1 Å². The molecule has 0 saturated heterocycles. The van der Waals surface area contributed by atoms with Crippen molar-refractivity contribution in [3.63, 3.8) is 0 Å². The number of rotatable bonds is 8. The monoisotopic (exact) mass is 544 g/mol. The number of oxazole rings is 1. The Morgan fingerprint density at radius 2 is 1.75 bits per heavy atom. The lowest BCUT2D eigenvalue weighted by atomic mass is 9.79. The first-order valence-corrected chi connectivity index (χ1v) is 14.9. The van der Waals surface area contributed by atoms with E-state index < -0.39 is 0 Å². The van der Waals surface area contributed by atoms with Crippen LogP contribution in [0.4, 0.5) is 5.82 Å². The van der Waals surface area contributed by atoms with Gasteiger partial charge in [-0.15, -0.1) is 0 Å². The molecule has 3 aromatic rings. The Balaban J connectivity index is 1.19. The molecule has 0 unspecified atom stereocenters. The van der Waals surface area contributed by atoms with E-state index in [0.717, 1.165) is 85.7 Å². The number of ether oxygens (including phenoxy) is 1. The van der Waals surface area contributed by atoms with E-state index in [0.29, 0.717) is 43.0 Å². The number of methoxy groups -OCH3 is 1. The Labute approximate surface area is 236 Å². The standard InChI is InChI=1S/C32H40N4O4/c1-20-29(39-2)14-13-27(34-20)22-5-3-21(4-6-22)18-36(32(38)24-9-11-26(37)12-10-24)30-17-25(15-16-33-30)28-19-40-31(35-28)23-7-8-23/h13-17,19,21-24,26,37H,3-12,18H2,1-2H3/t21?,22?,24-,26+. The van der Waals surface area contributed by atoms with Crippen LogP contribution in [0.5, 0.6) is 5.75 Å². The minimum atomic E-state index is -0.294. The molecule has 0 radical (unpaired) electrons. The summed E-state index contributed by atoms with van der Waals surface area (Å²) in [6, 6.07) is 8.04. The van der Waals surface area contributed by atoms with Gasteiger partial charge in [-0.25, -0.2) is 9.97 Å². The lowest BCUT2D eigenvalue weighted by molar-refractivity contribution is -0.124. The van der Waals surface area contributed by atoms with E-state index in [4.69, 9.17) is 19.1 Å². The average molecular weight is 545 g/mol. The van der Waals surface area contributed by atoms with Gasteiger partial charge in [0.25, 0.3) is 0 Å². The van der Waals surface area contributed by atoms with Gasteiger partial charge < -0.3 is 14.3 Å². The molecule has 1 amide bonds. The van der Waals surface area contributed by atoms with Crippen LogP contribution in [0.2, 0.25) is 0 Å². The number of aliphatic hydroxyl groups excluding tert-OH is 1. The Morgan fingerprint density at radius 1 is 1.00 bits per heavy atom. The highest BCUT2D eigenvalue weighted by Crippen LogP contribution is 2.41. The van der Waals surface area contributed by atoms with Crippen LogP contribution in [-0.4, -0.2) is 45.7 Å². The number of pyridine rings is 2. The molecule has 3 heterocycles. The summed E-state index contributed by atoms with van der Waals surface area (Å²) in [6.45, 7) is 2.65. The first-order chi connectivity index (χ1) is 19.5. The van der Waals surface area contributed by atoms with Crippen LogP contribution in [0.1, 0.15) is 93.3 Å². The lowest BCUT2D eigenvalue weighted by Gasteiger charge is -2.35. The molecule has 1 N–H and O–H groups in total. The van der Waals surface area contributed by atoms with Crippen LogP contribution in [0.25, 0.3) is 11.3 Å². The van der Waals surface area contributed by atoms with Gasteiger partial charge >= 0.3 is 0 Å². The maximum absolute atomic E-state index is 14.0. The fourth-order valence-corrected chi connectivity index (χ4v) is 6.41. The number of aliphatic hydroxyl groups is 1. The molecule has 3 aliphatic rings. The molecule has 0 aromatic carbocycles. The Bertz CT molecular complexity index is 1320. The zero-order valence-corrected chi connectivity index (χ0v) is 23.6. The highest BCUT2D eigenvalue weighted by Gasteiger charge is 2.33. The molecule has 0 spiro atoms. The smallest absolute Gasteiger partial charge is 0.231 e. The summed E-state index contributed by atoms with van der Waals surface area (Å²) in [7, 11) is 1.68. The molecule has 3 aliphatic carbocycles. The van der Waals surface area contributed by atoms with Crippen molar-refractivity contribution in [3.8, 4) is 17.0 Å². The minimum Gasteiger partial charge on any atom is -0.495 e. The Morgan fingerprint density at radius 3 is 2.45 bits per heavy atom. The van der Waals surface area contributed by atoms with Crippen LogP contribution in [0, 0.1) is 18.8 Å². The fourth-order valence-electron chi connectivity index (χ4n) is 6.41. The summed E-state index contributed by atoms with van der Waals surface area (Å²) in [5.74, 6) is 3.63. The van der Waals surface area contributed by atoms with Crippen molar-refractivity contribution in [1.29, 1.82) is 0 Å². The third-order valence-corrected chi connectivity index (χ3v) is 9.06. The fraction of sp³-hybridized carbons (Fsp3) is 0.562. The van der Waals surface area contributed by atoms with E-state index in [-0.39, 0.29) is 17.9 Å². The average Bonchev–Trinajstić information content (AvgIpc) is 3.72. The molecule has 3 saturated carbocycles. The van der Waals surface area contributed by atoms with Gasteiger partial charge in [0.15, 0.2) is 5.89 Å². The summed E-state index contributed by atoms with van der Waals surface area (Å²) in [4.78, 5) is 30.1. The first-order valence-electron chi connectivity index (χ1n) is 14.9. The summed E-state index contributed by atoms with van der Waals surface area (Å²) in [5.41, 5.74) is 3.78. The SMILES string of the molecule is COc1ccc(C2CCC(CN(c3cc(-c4coc(C5CC5)n4)ccn3)C(=O)[C@H]3CC[C@@H](O)CC3)CC2)nc1C. The summed E-state index contributed by atoms with van der Waals surface area (Å²) in [5, 5.41) is 10.0. The number of hydrogen-bond donors (Lipinski definition) is 1. The molecule has 8 heteroatoms. The van der Waals surface area contributed by atoms with Crippen LogP contribution in [-0.2, 0) is 4.79 Å². The number of carbonyl (C=O) groups excluding carboxylic acids is 1. The third kappa shape index (κ3) is 5.92. The van der Waals surface area contributed by atoms with Gasteiger partial charge in [-0.05, 0) is 101 Å². The predicted molar refractivity (Wildman–Crippen MR) is 152 cm³/mol. The second kappa shape index (κ2) is 11.7. The quantitative estimate of drug-likeness (QED) is 0.361. The van der Waals surface area contributed by atoms with Gasteiger partial charge in [0, 0.05) is 41.8 Å². The van der Waals surface area contributed by atoms with E-state index in [1.54, 1.807) is 19.6 Å². The molecule has 6 rings (SSSR count). The van der Waals surface area contributed by atoms with Crippen LogP contribution >= 0.6 is 0 Å². The molecule has 0 aliphatic heterocycles. The Hall–Kier alpha value is -3.26. The van der Waals surface area contributed by atoms with Crippen LogP contribution in [0.3, 0.4) is 0 Å². The van der Waals surface area contributed by atoms with E-state index >= 15 is 0 Å². The zero-order valence-electron chi connectivity index (χ0n) is 23.6. The van der Waals surface area contributed by atoms with E-state index in [2.05, 4.69) is 11.1 Å². The molecule has 212 valence electrons. The van der Waals surface area contributed by atoms with Gasteiger partial charge in [0.1, 0.15) is 23.5 Å². The lowest BCUT2D eigenvalue weighted by Crippen LogP contribution is -2.42. The highest BCUT2D eigenvalue weighted by atomic mass is 16.5. The molecule has 3 fully saturated rings. The molecular formula is C32H40N4O4. The molecule has 0 bridgehead atoms. The molecular weight excluding hydrogens is 504 g/mol. The van der Waals surface area contributed by atoms with E-state index in [1.807, 2.05) is 30.0 Å². The minimum absolute atomic E-state index is 0.0785. The normalized spacial score (nSPS) is 25.0. The van der Waals surface area contributed by atoms with E-state index in [9.17, 15) is 9.90 Å². The van der Waals surface area contributed by atoms with Crippen molar-refractivity contribution in [2.45, 2.75) is 89.1 Å². The van der Waals surface area contributed by atoms with Crippen molar-refractivity contribution in [1.82, 2.24) is 15.0 Å². The second-order valence-electron chi connectivity index (χ2n) is 11.9. The number of aryl methyl sites for hydroxylation is 1. The van der Waals surface area contributed by atoms with Crippen molar-refractivity contribution in [2.75, 3.05) is 18.6 Å². The molecule has 0 atom stereocenters. The van der Waals surface area contributed by atoms with Crippen molar-refractivity contribution < 1.29 is 19.1 Å². The van der Waals surface area contributed by atoms with Crippen molar-refractivity contribution in [3.05, 3.63) is 54.0 Å². The molecule has 3 aromatic heterocycles. The largest absolute Gasteiger partial charge is 0.495 e. The van der Waals surface area contributed by atoms with Crippen molar-refractivity contribution in [2.24, 2.45) is 11.8 Å². The second-order valence-corrected chi connectivity index (χ2v) is 11.9. The summed E-state index contributed by atoms with van der Waals surface area (Å²) >= 11 is 0. The predicted octanol–water partition coefficient (Wildman–Crippen LogP) is 6.18. The van der Waals surface area contributed by atoms with Crippen LogP contribution < -0.4 is 9.64 Å². The summed E-state index contributed by atoms with van der Waals surface area (Å²) in [6.07, 6.45) is 12.5. The summed E-state index contributed by atoms with van der Waals surface area (Å²) < 4.78 is 11.1. The van der Waals surface area contributed by atoms with Gasteiger partial charge in [-0.2, -0.15) is 0 Å².